The minimum Gasteiger partial charge on any atom is -0.379 e. The molecule has 1 N–H and O–H groups in total. The van der Waals surface area contributed by atoms with E-state index in [1.807, 2.05) is 0 Å². The summed E-state index contributed by atoms with van der Waals surface area (Å²) in [5.41, 5.74) is 0.0498. The minimum atomic E-state index is -0.620. The van der Waals surface area contributed by atoms with Gasteiger partial charge in [0.15, 0.2) is 0 Å². The van der Waals surface area contributed by atoms with E-state index in [2.05, 4.69) is 17.2 Å². The molecule has 4 nitrogen and oxygen atoms in total. The normalized spacial score (nSPS) is 9.12. The Morgan fingerprint density at radius 2 is 2.31 bits per heavy atom. The van der Waals surface area contributed by atoms with E-state index in [1.165, 1.54) is 12.1 Å². The van der Waals surface area contributed by atoms with E-state index >= 15 is 0 Å². The number of hydrogen-bond donors (Lipinski definition) is 1. The van der Waals surface area contributed by atoms with Gasteiger partial charge in [0.1, 0.15) is 11.5 Å². The highest BCUT2D eigenvalue weighted by molar-refractivity contribution is 5.61. The van der Waals surface area contributed by atoms with Crippen LogP contribution in [0.1, 0.15) is 13.3 Å². The Hall–Kier alpha value is -2.09. The summed E-state index contributed by atoms with van der Waals surface area (Å²) in [6.07, 6.45) is 0.588. The van der Waals surface area contributed by atoms with E-state index in [1.54, 1.807) is 6.92 Å². The lowest BCUT2D eigenvalue weighted by Gasteiger charge is -2.04. The van der Waals surface area contributed by atoms with Gasteiger partial charge in [0.2, 0.25) is 0 Å². The number of nitro benzene ring substituents is 1. The molecule has 0 aliphatic rings. The molecule has 0 amide bonds. The Morgan fingerprint density at radius 3 is 2.94 bits per heavy atom. The smallest absolute Gasteiger partial charge is 0.295 e. The Balaban J connectivity index is 2.77. The summed E-state index contributed by atoms with van der Waals surface area (Å²) in [4.78, 5) is 10.0. The third kappa shape index (κ3) is 3.24. The highest BCUT2D eigenvalue weighted by Crippen LogP contribution is 2.24. The van der Waals surface area contributed by atoms with Gasteiger partial charge in [-0.3, -0.25) is 10.1 Å². The third-order valence-corrected chi connectivity index (χ3v) is 1.90. The molecule has 0 unspecified atom stereocenters. The molecule has 1 rings (SSSR count). The highest BCUT2D eigenvalue weighted by atomic mass is 19.1. The Labute approximate surface area is 92.6 Å². The van der Waals surface area contributed by atoms with Gasteiger partial charge in [-0.05, 0) is 19.1 Å². The molecule has 0 aliphatic carbocycles. The first-order valence-corrected chi connectivity index (χ1v) is 4.72. The summed E-state index contributed by atoms with van der Waals surface area (Å²) in [6, 6.07) is 3.43. The van der Waals surface area contributed by atoms with Crippen LogP contribution in [0.3, 0.4) is 0 Å². The zero-order chi connectivity index (χ0) is 12.0. The molecule has 0 saturated heterocycles. The largest absolute Gasteiger partial charge is 0.379 e. The zero-order valence-corrected chi connectivity index (χ0v) is 8.79. The molecular weight excluding hydrogens is 211 g/mol. The van der Waals surface area contributed by atoms with Crippen LogP contribution in [0, 0.1) is 27.8 Å². The van der Waals surface area contributed by atoms with Crippen LogP contribution < -0.4 is 5.32 Å². The highest BCUT2D eigenvalue weighted by Gasteiger charge is 2.13. The quantitative estimate of drug-likeness (QED) is 0.368. The molecule has 0 aliphatic heterocycles. The number of benzene rings is 1. The summed E-state index contributed by atoms with van der Waals surface area (Å²) < 4.78 is 12.8. The van der Waals surface area contributed by atoms with Crippen LogP contribution in [0.15, 0.2) is 18.2 Å². The minimum absolute atomic E-state index is 0.260. The van der Waals surface area contributed by atoms with E-state index in [4.69, 9.17) is 0 Å². The molecule has 0 heterocycles. The third-order valence-electron chi connectivity index (χ3n) is 1.90. The van der Waals surface area contributed by atoms with Gasteiger partial charge in [0.05, 0.1) is 11.0 Å². The number of nitrogens with zero attached hydrogens (tertiary/aromatic N) is 1. The van der Waals surface area contributed by atoms with Crippen LogP contribution in [-0.2, 0) is 0 Å². The van der Waals surface area contributed by atoms with Gasteiger partial charge in [-0.2, -0.15) is 0 Å². The van der Waals surface area contributed by atoms with Crippen LogP contribution >= 0.6 is 0 Å². The molecule has 1 aromatic rings. The van der Waals surface area contributed by atoms with Gasteiger partial charge in [-0.1, -0.05) is 0 Å². The van der Waals surface area contributed by atoms with Crippen molar-refractivity contribution in [3.05, 3.63) is 34.1 Å². The lowest BCUT2D eigenvalue weighted by Crippen LogP contribution is -2.03. The van der Waals surface area contributed by atoms with E-state index in [9.17, 15) is 14.5 Å². The number of nitrogens with one attached hydrogen (secondary N) is 1. The average Bonchev–Trinajstić information content (AvgIpc) is 2.26. The van der Waals surface area contributed by atoms with Gasteiger partial charge >= 0.3 is 0 Å². The van der Waals surface area contributed by atoms with Gasteiger partial charge < -0.3 is 5.32 Å². The van der Waals surface area contributed by atoms with Crippen molar-refractivity contribution in [2.75, 3.05) is 11.9 Å². The molecule has 0 radical (unpaired) electrons. The second-order valence-corrected chi connectivity index (χ2v) is 3.02. The molecule has 0 spiro atoms. The van der Waals surface area contributed by atoms with Crippen molar-refractivity contribution in [3.8, 4) is 11.8 Å². The van der Waals surface area contributed by atoms with Crippen LogP contribution in [0.2, 0.25) is 0 Å². The van der Waals surface area contributed by atoms with Gasteiger partial charge in [0, 0.05) is 13.0 Å². The van der Waals surface area contributed by atoms with Crippen molar-refractivity contribution in [2.45, 2.75) is 13.3 Å². The maximum atomic E-state index is 12.8. The Bertz CT molecular complexity index is 449. The second-order valence-electron chi connectivity index (χ2n) is 3.02. The Morgan fingerprint density at radius 1 is 1.56 bits per heavy atom. The predicted molar refractivity (Wildman–Crippen MR) is 59.6 cm³/mol. The molecule has 0 saturated carbocycles. The maximum absolute atomic E-state index is 12.8. The monoisotopic (exact) mass is 222 g/mol. The number of hydrogen-bond acceptors (Lipinski definition) is 3. The lowest BCUT2D eigenvalue weighted by molar-refractivity contribution is -0.384. The zero-order valence-electron chi connectivity index (χ0n) is 8.79. The Kier molecular flexibility index (Phi) is 4.28. The van der Waals surface area contributed by atoms with Crippen molar-refractivity contribution >= 4 is 11.4 Å². The molecular formula is C11H11FN2O2. The molecule has 0 aromatic heterocycles. The summed E-state index contributed by atoms with van der Waals surface area (Å²) in [5, 5.41) is 13.5. The SMILES string of the molecule is CC#CCCNc1ccc(F)cc1[N+](=O)[O-]. The number of rotatable bonds is 4. The molecule has 84 valence electrons. The average molecular weight is 222 g/mol. The number of nitro groups is 1. The lowest BCUT2D eigenvalue weighted by atomic mass is 10.2. The van der Waals surface area contributed by atoms with E-state index in [-0.39, 0.29) is 5.69 Å². The fourth-order valence-electron chi connectivity index (χ4n) is 1.19. The fourth-order valence-corrected chi connectivity index (χ4v) is 1.19. The van der Waals surface area contributed by atoms with Gasteiger partial charge in [-0.15, -0.1) is 11.8 Å². The maximum Gasteiger partial charge on any atom is 0.295 e. The fraction of sp³-hybridized carbons (Fsp3) is 0.273. The van der Waals surface area contributed by atoms with Crippen molar-refractivity contribution in [3.63, 3.8) is 0 Å². The topological polar surface area (TPSA) is 55.2 Å². The summed E-state index contributed by atoms with van der Waals surface area (Å²) >= 11 is 0. The first-order chi connectivity index (χ1) is 7.65. The van der Waals surface area contributed by atoms with Crippen molar-refractivity contribution in [1.29, 1.82) is 0 Å². The summed E-state index contributed by atoms with van der Waals surface area (Å²) in [7, 11) is 0. The van der Waals surface area contributed by atoms with Crippen LogP contribution in [0.5, 0.6) is 0 Å². The van der Waals surface area contributed by atoms with Gasteiger partial charge in [0.25, 0.3) is 5.69 Å². The van der Waals surface area contributed by atoms with Crippen molar-refractivity contribution in [2.24, 2.45) is 0 Å². The number of halogens is 1. The van der Waals surface area contributed by atoms with Crippen LogP contribution in [0.25, 0.3) is 0 Å². The second kappa shape index (κ2) is 5.71. The first-order valence-electron chi connectivity index (χ1n) is 4.72. The summed E-state index contributed by atoms with van der Waals surface area (Å²) in [5.74, 6) is 4.92. The standard InChI is InChI=1S/C11H11FN2O2/c1-2-3-4-7-13-10-6-5-9(12)8-11(10)14(15)16/h5-6,8,13H,4,7H2,1H3. The number of anilines is 1. The molecule has 16 heavy (non-hydrogen) atoms. The van der Waals surface area contributed by atoms with E-state index in [0.717, 1.165) is 6.07 Å². The molecule has 5 heteroatoms. The van der Waals surface area contributed by atoms with E-state index in [0.29, 0.717) is 18.7 Å². The van der Waals surface area contributed by atoms with Crippen LogP contribution in [0.4, 0.5) is 15.8 Å². The van der Waals surface area contributed by atoms with Gasteiger partial charge in [-0.25, -0.2) is 4.39 Å². The molecule has 1 aromatic carbocycles. The van der Waals surface area contributed by atoms with Crippen molar-refractivity contribution < 1.29 is 9.31 Å². The first kappa shape index (κ1) is 12.0. The molecule has 0 atom stereocenters. The van der Waals surface area contributed by atoms with Crippen LogP contribution in [-0.4, -0.2) is 11.5 Å². The summed E-state index contributed by atoms with van der Waals surface area (Å²) in [6.45, 7) is 2.22. The molecule has 0 fully saturated rings. The molecule has 0 bridgehead atoms. The predicted octanol–water partition coefficient (Wildman–Crippen LogP) is 2.56. The van der Waals surface area contributed by atoms with E-state index < -0.39 is 10.7 Å². The van der Waals surface area contributed by atoms with Crippen molar-refractivity contribution in [1.82, 2.24) is 0 Å².